The van der Waals surface area contributed by atoms with Crippen molar-refractivity contribution in [3.05, 3.63) is 76.9 Å². The number of allylic oxidation sites excluding steroid dienone is 3. The minimum Gasteiger partial charge on any atom is -0.507 e. The molecule has 0 aliphatic heterocycles. The first kappa shape index (κ1) is 24.6. The highest BCUT2D eigenvalue weighted by molar-refractivity contribution is 6.09. The summed E-state index contributed by atoms with van der Waals surface area (Å²) in [6.45, 7) is 10.4. The number of nitrogens with zero attached hydrogens (tertiary/aromatic N) is 1. The van der Waals surface area contributed by atoms with Crippen LogP contribution in [0.4, 0.5) is 5.69 Å². The summed E-state index contributed by atoms with van der Waals surface area (Å²) in [6.07, 6.45) is 7.58. The third kappa shape index (κ3) is 5.32. The maximum Gasteiger partial charge on any atom is 0.262 e. The molecule has 4 heteroatoms. The van der Waals surface area contributed by atoms with Gasteiger partial charge in [-0.05, 0) is 69.2 Å². The molecule has 1 aliphatic carbocycles. The topological polar surface area (TPSA) is 60.8 Å². The Labute approximate surface area is 198 Å². The minimum atomic E-state index is -0.269. The summed E-state index contributed by atoms with van der Waals surface area (Å²) in [4.78, 5) is 15.3. The van der Waals surface area contributed by atoms with Gasteiger partial charge in [0.1, 0.15) is 11.5 Å². The van der Waals surface area contributed by atoms with E-state index in [9.17, 15) is 15.0 Å². The van der Waals surface area contributed by atoms with E-state index in [4.69, 9.17) is 0 Å². The fraction of sp³-hybridized carbons (Fsp3) is 0.414. The molecule has 1 amide bonds. The lowest BCUT2D eigenvalue weighted by atomic mass is 9.73. The Morgan fingerprint density at radius 2 is 1.88 bits per heavy atom. The molecule has 0 spiro atoms. The number of phenols is 2. The number of para-hydroxylation sites is 1. The van der Waals surface area contributed by atoms with Gasteiger partial charge in [0.15, 0.2) is 0 Å². The molecule has 0 saturated heterocycles. The molecule has 2 aromatic carbocycles. The molecule has 0 heterocycles. The monoisotopic (exact) mass is 447 g/mol. The van der Waals surface area contributed by atoms with Gasteiger partial charge in [0.25, 0.3) is 5.91 Å². The Morgan fingerprint density at radius 3 is 2.52 bits per heavy atom. The molecule has 1 aliphatic rings. The second-order valence-corrected chi connectivity index (χ2v) is 9.38. The molecule has 4 nitrogen and oxygen atoms in total. The molecule has 2 aromatic rings. The van der Waals surface area contributed by atoms with Crippen molar-refractivity contribution in [2.45, 2.75) is 65.2 Å². The van der Waals surface area contributed by atoms with Gasteiger partial charge in [-0.1, -0.05) is 61.8 Å². The normalized spacial score (nSPS) is 18.0. The first-order valence-corrected chi connectivity index (χ1v) is 12.0. The summed E-state index contributed by atoms with van der Waals surface area (Å²) in [5, 5.41) is 22.6. The third-order valence-corrected chi connectivity index (χ3v) is 6.83. The predicted molar refractivity (Wildman–Crippen MR) is 136 cm³/mol. The van der Waals surface area contributed by atoms with E-state index in [1.54, 1.807) is 18.0 Å². The summed E-state index contributed by atoms with van der Waals surface area (Å²) >= 11 is 0. The molecule has 3 rings (SSSR count). The van der Waals surface area contributed by atoms with Crippen molar-refractivity contribution in [1.82, 2.24) is 0 Å². The van der Waals surface area contributed by atoms with E-state index < -0.39 is 0 Å². The highest BCUT2D eigenvalue weighted by Gasteiger charge is 2.33. The van der Waals surface area contributed by atoms with Crippen LogP contribution in [-0.2, 0) is 6.42 Å². The summed E-state index contributed by atoms with van der Waals surface area (Å²) in [5.74, 6) is -0.424. The van der Waals surface area contributed by atoms with Gasteiger partial charge in [-0.15, -0.1) is 0 Å². The molecule has 176 valence electrons. The Balaban J connectivity index is 2.16. The van der Waals surface area contributed by atoms with Gasteiger partial charge < -0.3 is 15.1 Å². The summed E-state index contributed by atoms with van der Waals surface area (Å²) < 4.78 is 0. The van der Waals surface area contributed by atoms with Crippen molar-refractivity contribution < 1.29 is 15.0 Å². The smallest absolute Gasteiger partial charge is 0.262 e. The van der Waals surface area contributed by atoms with E-state index in [0.29, 0.717) is 23.1 Å². The molecule has 0 radical (unpaired) electrons. The molecule has 2 N–H and O–H groups in total. The molecule has 2 atom stereocenters. The maximum atomic E-state index is 13.7. The van der Waals surface area contributed by atoms with Crippen LogP contribution in [0.5, 0.6) is 11.5 Å². The summed E-state index contributed by atoms with van der Waals surface area (Å²) in [7, 11) is 1.72. The van der Waals surface area contributed by atoms with E-state index in [1.165, 1.54) is 5.57 Å². The SMILES string of the molecule is C=C(C)C1CCC(C)=CC1c1c(O)cc(CCCCC)c(C(=O)N(C)c2ccccc2)c1O. The van der Waals surface area contributed by atoms with E-state index in [0.717, 1.165) is 43.4 Å². The van der Waals surface area contributed by atoms with Gasteiger partial charge in [-0.2, -0.15) is 0 Å². The van der Waals surface area contributed by atoms with Gasteiger partial charge in [0.2, 0.25) is 0 Å². The van der Waals surface area contributed by atoms with Crippen molar-refractivity contribution in [2.24, 2.45) is 5.92 Å². The Morgan fingerprint density at radius 1 is 1.18 bits per heavy atom. The summed E-state index contributed by atoms with van der Waals surface area (Å²) in [6, 6.07) is 11.1. The predicted octanol–water partition coefficient (Wildman–Crippen LogP) is 7.12. The Hall–Kier alpha value is -3.01. The van der Waals surface area contributed by atoms with Gasteiger partial charge in [-0.25, -0.2) is 0 Å². The Bertz CT molecular complexity index is 1040. The van der Waals surface area contributed by atoms with Crippen LogP contribution >= 0.6 is 0 Å². The molecule has 2 unspecified atom stereocenters. The first-order chi connectivity index (χ1) is 15.8. The zero-order valence-electron chi connectivity index (χ0n) is 20.4. The van der Waals surface area contributed by atoms with Crippen LogP contribution < -0.4 is 4.90 Å². The number of carbonyl (C=O) groups is 1. The van der Waals surface area contributed by atoms with Crippen molar-refractivity contribution in [2.75, 3.05) is 11.9 Å². The van der Waals surface area contributed by atoms with Crippen LogP contribution in [0.15, 0.2) is 60.2 Å². The number of phenolic OH excluding ortho intramolecular Hbond substituents is 2. The molecule has 0 fully saturated rings. The molecule has 0 bridgehead atoms. The minimum absolute atomic E-state index is 0.0557. The van der Waals surface area contributed by atoms with Crippen molar-refractivity contribution in [1.29, 1.82) is 0 Å². The van der Waals surface area contributed by atoms with Gasteiger partial charge in [-0.3, -0.25) is 4.79 Å². The number of aromatic hydroxyl groups is 2. The van der Waals surface area contributed by atoms with E-state index in [-0.39, 0.29) is 29.2 Å². The van der Waals surface area contributed by atoms with Crippen molar-refractivity contribution in [3.63, 3.8) is 0 Å². The number of hydrogen-bond acceptors (Lipinski definition) is 3. The van der Waals surface area contributed by atoms with Crippen molar-refractivity contribution in [3.8, 4) is 11.5 Å². The lowest BCUT2D eigenvalue weighted by Crippen LogP contribution is -2.28. The zero-order chi connectivity index (χ0) is 24.1. The average molecular weight is 448 g/mol. The number of hydrogen-bond donors (Lipinski definition) is 2. The van der Waals surface area contributed by atoms with Gasteiger partial charge in [0, 0.05) is 24.2 Å². The number of benzene rings is 2. The lowest BCUT2D eigenvalue weighted by Gasteiger charge is -2.32. The van der Waals surface area contributed by atoms with Crippen LogP contribution in [0, 0.1) is 5.92 Å². The largest absolute Gasteiger partial charge is 0.507 e. The van der Waals surface area contributed by atoms with Crippen molar-refractivity contribution >= 4 is 11.6 Å². The number of anilines is 1. The van der Waals surface area contributed by atoms with E-state index in [2.05, 4.69) is 26.5 Å². The van der Waals surface area contributed by atoms with Crippen LogP contribution in [0.1, 0.15) is 80.3 Å². The fourth-order valence-electron chi connectivity index (χ4n) is 4.90. The average Bonchev–Trinajstić information content (AvgIpc) is 2.78. The second-order valence-electron chi connectivity index (χ2n) is 9.38. The second kappa shape index (κ2) is 10.7. The van der Waals surface area contributed by atoms with E-state index in [1.807, 2.05) is 37.3 Å². The third-order valence-electron chi connectivity index (χ3n) is 6.83. The number of rotatable bonds is 8. The highest BCUT2D eigenvalue weighted by Crippen LogP contribution is 2.48. The first-order valence-electron chi connectivity index (χ1n) is 12.0. The van der Waals surface area contributed by atoms with Crippen LogP contribution in [0.3, 0.4) is 0 Å². The number of aryl methyl sites for hydroxylation is 1. The zero-order valence-corrected chi connectivity index (χ0v) is 20.4. The number of carbonyl (C=O) groups excluding carboxylic acids is 1. The number of unbranched alkanes of at least 4 members (excludes halogenated alkanes) is 2. The van der Waals surface area contributed by atoms with Crippen LogP contribution in [0.2, 0.25) is 0 Å². The molecular weight excluding hydrogens is 410 g/mol. The molecule has 0 saturated carbocycles. The van der Waals surface area contributed by atoms with E-state index >= 15 is 0 Å². The van der Waals surface area contributed by atoms with Crippen LogP contribution in [-0.4, -0.2) is 23.2 Å². The standard InChI is InChI=1S/C29H37NO3/c1-6-7-9-12-21-18-25(31)27(24-17-20(4)15-16-23(24)19(2)3)28(32)26(21)29(33)30(5)22-13-10-8-11-14-22/h8,10-11,13-14,17-18,23-24,31-32H,2,6-7,9,12,15-16H2,1,3-5H3. The molecule has 33 heavy (non-hydrogen) atoms. The lowest BCUT2D eigenvalue weighted by molar-refractivity contribution is 0.0989. The quantitative estimate of drug-likeness (QED) is 0.334. The maximum absolute atomic E-state index is 13.7. The van der Waals surface area contributed by atoms with Crippen LogP contribution in [0.25, 0.3) is 0 Å². The van der Waals surface area contributed by atoms with Gasteiger partial charge in [0.05, 0.1) is 5.56 Å². The Kier molecular flexibility index (Phi) is 8.01. The molecular formula is C29H37NO3. The van der Waals surface area contributed by atoms with Gasteiger partial charge >= 0.3 is 0 Å². The molecule has 0 aromatic heterocycles. The summed E-state index contributed by atoms with van der Waals surface area (Å²) in [5.41, 5.74) is 4.41. The fourth-order valence-corrected chi connectivity index (χ4v) is 4.90. The number of amides is 1. The highest BCUT2D eigenvalue weighted by atomic mass is 16.3.